The van der Waals surface area contributed by atoms with Crippen molar-refractivity contribution in [2.24, 2.45) is 0 Å². The molecule has 0 aromatic heterocycles. The van der Waals surface area contributed by atoms with E-state index in [2.05, 4.69) is 16.2 Å². The Labute approximate surface area is 151 Å². The third kappa shape index (κ3) is 4.04. The maximum absolute atomic E-state index is 12.5. The summed E-state index contributed by atoms with van der Waals surface area (Å²) in [7, 11) is 0. The molecular formula is C18H20ClN3O3. The summed E-state index contributed by atoms with van der Waals surface area (Å²) >= 11 is 6.00. The monoisotopic (exact) mass is 361 g/mol. The highest BCUT2D eigenvalue weighted by atomic mass is 35.5. The number of hydrogen-bond acceptors (Lipinski definition) is 5. The highest BCUT2D eigenvalue weighted by Gasteiger charge is 2.31. The number of ether oxygens (including phenoxy) is 1. The minimum atomic E-state index is -0.446. The molecule has 1 aliphatic heterocycles. The summed E-state index contributed by atoms with van der Waals surface area (Å²) in [6.07, 6.45) is 0.483. The van der Waals surface area contributed by atoms with Crippen LogP contribution in [0.25, 0.3) is 0 Å². The quantitative estimate of drug-likeness (QED) is 0.658. The van der Waals surface area contributed by atoms with Gasteiger partial charge in [-0.1, -0.05) is 23.7 Å². The van der Waals surface area contributed by atoms with Crippen molar-refractivity contribution < 1.29 is 14.6 Å². The number of hydrazine groups is 1. The van der Waals surface area contributed by atoms with Gasteiger partial charge < -0.3 is 15.2 Å². The van der Waals surface area contributed by atoms with Crippen LogP contribution in [0.4, 0.5) is 5.69 Å². The van der Waals surface area contributed by atoms with Crippen LogP contribution >= 0.6 is 11.6 Å². The van der Waals surface area contributed by atoms with Crippen molar-refractivity contribution in [1.29, 1.82) is 0 Å². The van der Waals surface area contributed by atoms with Crippen LogP contribution in [0.1, 0.15) is 24.9 Å². The lowest BCUT2D eigenvalue weighted by Crippen LogP contribution is -2.39. The lowest BCUT2D eigenvalue weighted by Gasteiger charge is -2.14. The molecule has 6 nitrogen and oxygen atoms in total. The molecule has 1 heterocycles. The Morgan fingerprint density at radius 2 is 2.12 bits per heavy atom. The molecule has 0 radical (unpaired) electrons. The molecule has 2 aromatic rings. The maximum atomic E-state index is 12.5. The number of phenolic OH excluding ortho intramolecular Hbond substituents is 1. The van der Waals surface area contributed by atoms with E-state index < -0.39 is 6.04 Å². The zero-order valence-corrected chi connectivity index (χ0v) is 14.5. The molecule has 1 fully saturated rings. The lowest BCUT2D eigenvalue weighted by molar-refractivity contribution is -0.117. The van der Waals surface area contributed by atoms with Gasteiger partial charge in [0.15, 0.2) is 0 Å². The molecule has 0 bridgehead atoms. The number of rotatable bonds is 5. The number of nitrogens with one attached hydrogen (secondary N) is 3. The minimum absolute atomic E-state index is 0.145. The van der Waals surface area contributed by atoms with E-state index in [0.29, 0.717) is 35.1 Å². The smallest absolute Gasteiger partial charge is 0.243 e. The lowest BCUT2D eigenvalue weighted by atomic mass is 10.0. The van der Waals surface area contributed by atoms with Crippen molar-refractivity contribution in [2.75, 3.05) is 11.9 Å². The number of benzene rings is 2. The second-order valence-electron chi connectivity index (χ2n) is 5.75. The van der Waals surface area contributed by atoms with Gasteiger partial charge in [-0.3, -0.25) is 4.79 Å². The molecule has 2 atom stereocenters. The summed E-state index contributed by atoms with van der Waals surface area (Å²) in [4.78, 5) is 12.5. The average molecular weight is 362 g/mol. The molecule has 0 aliphatic carbocycles. The highest BCUT2D eigenvalue weighted by molar-refractivity contribution is 6.30. The van der Waals surface area contributed by atoms with Crippen molar-refractivity contribution in [2.45, 2.75) is 25.4 Å². The van der Waals surface area contributed by atoms with E-state index in [1.54, 1.807) is 24.3 Å². The van der Waals surface area contributed by atoms with Crippen LogP contribution in [-0.2, 0) is 4.79 Å². The van der Waals surface area contributed by atoms with Gasteiger partial charge >= 0.3 is 0 Å². The Bertz CT molecular complexity index is 769. The van der Waals surface area contributed by atoms with Gasteiger partial charge in [-0.15, -0.1) is 0 Å². The van der Waals surface area contributed by atoms with Crippen molar-refractivity contribution in [1.82, 2.24) is 10.9 Å². The standard InChI is InChI=1S/C18H20ClN3O3/c1-2-25-17-6-4-3-5-13(17)20-18(24)15-10-14(21-22-15)12-9-11(19)7-8-16(12)23/h3-9,14-15,21-23H,2,10H2,1H3,(H,20,24). The van der Waals surface area contributed by atoms with Gasteiger partial charge in [-0.05, 0) is 43.7 Å². The minimum Gasteiger partial charge on any atom is -0.508 e. The van der Waals surface area contributed by atoms with E-state index in [0.717, 1.165) is 0 Å². The Balaban J connectivity index is 1.68. The Morgan fingerprint density at radius 3 is 2.92 bits per heavy atom. The number of para-hydroxylation sites is 2. The molecule has 0 saturated carbocycles. The highest BCUT2D eigenvalue weighted by Crippen LogP contribution is 2.32. The number of aromatic hydroxyl groups is 1. The zero-order valence-electron chi connectivity index (χ0n) is 13.8. The first-order chi connectivity index (χ1) is 12.1. The molecule has 2 unspecified atom stereocenters. The first-order valence-electron chi connectivity index (χ1n) is 8.10. The first-order valence-corrected chi connectivity index (χ1v) is 8.48. The van der Waals surface area contributed by atoms with Crippen molar-refractivity contribution in [3.8, 4) is 11.5 Å². The zero-order chi connectivity index (χ0) is 17.8. The topological polar surface area (TPSA) is 82.6 Å². The number of halogens is 1. The van der Waals surface area contributed by atoms with Gasteiger partial charge in [0.25, 0.3) is 0 Å². The fraction of sp³-hybridized carbons (Fsp3) is 0.278. The van der Waals surface area contributed by atoms with Crippen LogP contribution in [0.3, 0.4) is 0 Å². The van der Waals surface area contributed by atoms with Crippen molar-refractivity contribution in [3.05, 3.63) is 53.1 Å². The number of anilines is 1. The maximum Gasteiger partial charge on any atom is 0.243 e. The largest absolute Gasteiger partial charge is 0.508 e. The summed E-state index contributed by atoms with van der Waals surface area (Å²) in [5.41, 5.74) is 7.29. The van der Waals surface area contributed by atoms with Crippen LogP contribution in [0.2, 0.25) is 5.02 Å². The van der Waals surface area contributed by atoms with Gasteiger partial charge in [0.2, 0.25) is 5.91 Å². The summed E-state index contributed by atoms with van der Waals surface area (Å²) in [5, 5.41) is 13.4. The van der Waals surface area contributed by atoms with Gasteiger partial charge in [0.05, 0.1) is 18.3 Å². The molecule has 4 N–H and O–H groups in total. The summed E-state index contributed by atoms with van der Waals surface area (Å²) in [6.45, 7) is 2.41. The average Bonchev–Trinajstić information content (AvgIpc) is 3.09. The van der Waals surface area contributed by atoms with E-state index in [-0.39, 0.29) is 17.7 Å². The SMILES string of the molecule is CCOc1ccccc1NC(=O)C1CC(c2cc(Cl)ccc2O)NN1. The molecule has 25 heavy (non-hydrogen) atoms. The second-order valence-corrected chi connectivity index (χ2v) is 6.19. The van der Waals surface area contributed by atoms with Crippen LogP contribution in [0.15, 0.2) is 42.5 Å². The molecule has 2 aromatic carbocycles. The second kappa shape index (κ2) is 7.74. The third-order valence-corrected chi connectivity index (χ3v) is 4.26. The predicted octanol–water partition coefficient (Wildman–Crippen LogP) is 2.99. The number of hydrogen-bond donors (Lipinski definition) is 4. The van der Waals surface area contributed by atoms with E-state index in [4.69, 9.17) is 16.3 Å². The van der Waals surface area contributed by atoms with E-state index in [9.17, 15) is 9.90 Å². The molecule has 3 rings (SSSR count). The van der Waals surface area contributed by atoms with Gasteiger partial charge in [0, 0.05) is 10.6 Å². The van der Waals surface area contributed by atoms with E-state index in [1.165, 1.54) is 0 Å². The van der Waals surface area contributed by atoms with E-state index in [1.807, 2.05) is 25.1 Å². The number of carbonyl (C=O) groups excluding carboxylic acids is 1. The molecule has 132 valence electrons. The molecule has 0 spiro atoms. The number of carbonyl (C=O) groups is 1. The van der Waals surface area contributed by atoms with Crippen LogP contribution in [-0.4, -0.2) is 23.7 Å². The predicted molar refractivity (Wildman–Crippen MR) is 96.8 cm³/mol. The van der Waals surface area contributed by atoms with Crippen molar-refractivity contribution >= 4 is 23.2 Å². The fourth-order valence-electron chi connectivity index (χ4n) is 2.81. The molecule has 7 heteroatoms. The summed E-state index contributed by atoms with van der Waals surface area (Å²) in [5.74, 6) is 0.600. The van der Waals surface area contributed by atoms with Gasteiger partial charge in [0.1, 0.15) is 17.5 Å². The number of phenols is 1. The van der Waals surface area contributed by atoms with E-state index >= 15 is 0 Å². The van der Waals surface area contributed by atoms with Crippen LogP contribution in [0, 0.1) is 0 Å². The molecule has 1 aliphatic rings. The van der Waals surface area contributed by atoms with Crippen LogP contribution in [0.5, 0.6) is 11.5 Å². The van der Waals surface area contributed by atoms with Gasteiger partial charge in [-0.25, -0.2) is 10.9 Å². The third-order valence-electron chi connectivity index (χ3n) is 4.03. The fourth-order valence-corrected chi connectivity index (χ4v) is 2.99. The Hall–Kier alpha value is -2.28. The molecular weight excluding hydrogens is 342 g/mol. The molecule has 1 amide bonds. The Morgan fingerprint density at radius 1 is 1.32 bits per heavy atom. The summed E-state index contributed by atoms with van der Waals surface area (Å²) < 4.78 is 5.52. The van der Waals surface area contributed by atoms with Gasteiger partial charge in [-0.2, -0.15) is 0 Å². The normalized spacial score (nSPS) is 19.6. The number of amides is 1. The summed E-state index contributed by atoms with van der Waals surface area (Å²) in [6, 6.07) is 11.5. The molecule has 1 saturated heterocycles. The first kappa shape index (κ1) is 17.5. The Kier molecular flexibility index (Phi) is 5.43. The van der Waals surface area contributed by atoms with Crippen LogP contribution < -0.4 is 20.9 Å². The van der Waals surface area contributed by atoms with Crippen molar-refractivity contribution in [3.63, 3.8) is 0 Å².